The molecule has 1 aromatic rings. The molecule has 0 amide bonds. The molecule has 0 aliphatic carbocycles. The van der Waals surface area contributed by atoms with Gasteiger partial charge in [-0.15, -0.1) is 0 Å². The van der Waals surface area contributed by atoms with Crippen molar-refractivity contribution in [2.24, 2.45) is 0 Å². The normalized spacial score (nSPS) is 22.3. The van der Waals surface area contributed by atoms with Gasteiger partial charge in [0.25, 0.3) is 0 Å². The smallest absolute Gasteiger partial charge is 0.326 e. The third-order valence-corrected chi connectivity index (χ3v) is 3.60. The van der Waals surface area contributed by atoms with Gasteiger partial charge in [0, 0.05) is 25.8 Å². The molecule has 19 heavy (non-hydrogen) atoms. The summed E-state index contributed by atoms with van der Waals surface area (Å²) < 4.78 is 5.23. The minimum absolute atomic E-state index is 0.115. The van der Waals surface area contributed by atoms with Gasteiger partial charge in [-0.05, 0) is 18.2 Å². The first-order valence-electron chi connectivity index (χ1n) is 5.78. The van der Waals surface area contributed by atoms with Crippen molar-refractivity contribution in [2.75, 3.05) is 18.6 Å². The van der Waals surface area contributed by atoms with Gasteiger partial charge in [-0.1, -0.05) is 11.6 Å². The fraction of sp³-hybridized carbons (Fsp3) is 0.385. The van der Waals surface area contributed by atoms with Gasteiger partial charge < -0.3 is 14.7 Å². The Morgan fingerprint density at radius 2 is 2.37 bits per heavy atom. The van der Waals surface area contributed by atoms with Gasteiger partial charge >= 0.3 is 5.97 Å². The summed E-state index contributed by atoms with van der Waals surface area (Å²) in [7, 11) is 1.57. The van der Waals surface area contributed by atoms with Crippen LogP contribution in [0.5, 0.6) is 0 Å². The van der Waals surface area contributed by atoms with E-state index in [1.165, 1.54) is 0 Å². The molecule has 1 aliphatic rings. The van der Waals surface area contributed by atoms with Crippen LogP contribution in [-0.4, -0.2) is 36.9 Å². The van der Waals surface area contributed by atoms with Gasteiger partial charge in [0.15, 0.2) is 0 Å². The molecule has 1 saturated heterocycles. The molecule has 1 heterocycles. The molecule has 1 N–H and O–H groups in total. The van der Waals surface area contributed by atoms with E-state index in [-0.39, 0.29) is 6.10 Å². The molecule has 1 fully saturated rings. The van der Waals surface area contributed by atoms with E-state index < -0.39 is 12.0 Å². The van der Waals surface area contributed by atoms with Crippen molar-refractivity contribution in [1.82, 2.24) is 0 Å². The lowest BCUT2D eigenvalue weighted by Gasteiger charge is -2.23. The van der Waals surface area contributed by atoms with Crippen LogP contribution in [0.1, 0.15) is 12.0 Å². The average molecular weight is 281 g/mol. The molecule has 0 radical (unpaired) electrons. The van der Waals surface area contributed by atoms with E-state index >= 15 is 0 Å². The number of nitrogens with zero attached hydrogens (tertiary/aromatic N) is 2. The molecule has 6 heteroatoms. The summed E-state index contributed by atoms with van der Waals surface area (Å²) in [5.74, 6) is -0.889. The minimum atomic E-state index is -0.889. The molecular formula is C13H13ClN2O3. The quantitative estimate of drug-likeness (QED) is 0.915. The van der Waals surface area contributed by atoms with E-state index in [0.29, 0.717) is 29.2 Å². The maximum Gasteiger partial charge on any atom is 0.326 e. The molecule has 0 aromatic heterocycles. The van der Waals surface area contributed by atoms with Crippen molar-refractivity contribution < 1.29 is 14.6 Å². The molecule has 0 spiro atoms. The first-order chi connectivity index (χ1) is 9.06. The summed E-state index contributed by atoms with van der Waals surface area (Å²) in [6.07, 6.45) is 0.319. The number of anilines is 1. The number of hydrogen-bond donors (Lipinski definition) is 1. The standard InChI is InChI=1S/C13H13ClN2O3/c1-19-10-5-12(13(17)18)16(7-10)9-3-2-8(6-15)11(14)4-9/h2-4,10,12H,5,7H2,1H3,(H,17,18). The second kappa shape index (κ2) is 5.47. The summed E-state index contributed by atoms with van der Waals surface area (Å²) in [6, 6.07) is 6.26. The lowest BCUT2D eigenvalue weighted by atomic mass is 10.1. The van der Waals surface area contributed by atoms with E-state index in [1.807, 2.05) is 6.07 Å². The van der Waals surface area contributed by atoms with E-state index in [1.54, 1.807) is 30.2 Å². The SMILES string of the molecule is COC1CC(C(=O)O)N(c2ccc(C#N)c(Cl)c2)C1. The highest BCUT2D eigenvalue weighted by Gasteiger charge is 2.37. The number of benzene rings is 1. The molecule has 2 unspecified atom stereocenters. The Kier molecular flexibility index (Phi) is 3.93. The zero-order chi connectivity index (χ0) is 14.0. The topological polar surface area (TPSA) is 73.6 Å². The van der Waals surface area contributed by atoms with Crippen LogP contribution in [0.15, 0.2) is 18.2 Å². The van der Waals surface area contributed by atoms with Crippen LogP contribution < -0.4 is 4.90 Å². The van der Waals surface area contributed by atoms with Gasteiger partial charge in [-0.3, -0.25) is 0 Å². The minimum Gasteiger partial charge on any atom is -0.480 e. The molecule has 5 nitrogen and oxygen atoms in total. The fourth-order valence-corrected chi connectivity index (χ4v) is 2.48. The predicted octanol–water partition coefficient (Wildman–Crippen LogP) is 1.89. The highest BCUT2D eigenvalue weighted by Crippen LogP contribution is 2.30. The predicted molar refractivity (Wildman–Crippen MR) is 70.4 cm³/mol. The van der Waals surface area contributed by atoms with E-state index in [9.17, 15) is 9.90 Å². The maximum absolute atomic E-state index is 11.3. The van der Waals surface area contributed by atoms with Crippen molar-refractivity contribution in [3.63, 3.8) is 0 Å². The number of hydrogen-bond acceptors (Lipinski definition) is 4. The lowest BCUT2D eigenvalue weighted by molar-refractivity contribution is -0.138. The first-order valence-corrected chi connectivity index (χ1v) is 6.16. The largest absolute Gasteiger partial charge is 0.480 e. The van der Waals surface area contributed by atoms with Gasteiger partial charge in [0.1, 0.15) is 12.1 Å². The fourth-order valence-electron chi connectivity index (χ4n) is 2.26. The van der Waals surface area contributed by atoms with Crippen LogP contribution in [-0.2, 0) is 9.53 Å². The Hall–Kier alpha value is -1.77. The summed E-state index contributed by atoms with van der Waals surface area (Å²) in [4.78, 5) is 13.0. The van der Waals surface area contributed by atoms with Gasteiger partial charge in [0.2, 0.25) is 0 Å². The third kappa shape index (κ3) is 2.65. The Morgan fingerprint density at radius 3 is 2.89 bits per heavy atom. The third-order valence-electron chi connectivity index (χ3n) is 3.29. The van der Waals surface area contributed by atoms with Crippen LogP contribution in [0.25, 0.3) is 0 Å². The van der Waals surface area contributed by atoms with Gasteiger partial charge in [0.05, 0.1) is 16.7 Å². The maximum atomic E-state index is 11.3. The number of methoxy groups -OCH3 is 1. The summed E-state index contributed by atoms with van der Waals surface area (Å²) in [5, 5.41) is 18.4. The number of ether oxygens (including phenoxy) is 1. The van der Waals surface area contributed by atoms with E-state index in [0.717, 1.165) is 0 Å². The van der Waals surface area contributed by atoms with Crippen LogP contribution in [0.2, 0.25) is 5.02 Å². The van der Waals surface area contributed by atoms with E-state index in [4.69, 9.17) is 21.6 Å². The van der Waals surface area contributed by atoms with Crippen molar-refractivity contribution in [1.29, 1.82) is 5.26 Å². The molecule has 100 valence electrons. The van der Waals surface area contributed by atoms with Gasteiger partial charge in [-0.2, -0.15) is 5.26 Å². The Bertz CT molecular complexity index is 541. The first kappa shape index (κ1) is 13.7. The number of carboxylic acids is 1. The molecule has 2 atom stereocenters. The second-order valence-electron chi connectivity index (χ2n) is 4.38. The van der Waals surface area contributed by atoms with Crippen molar-refractivity contribution in [3.05, 3.63) is 28.8 Å². The van der Waals surface area contributed by atoms with Crippen molar-refractivity contribution >= 4 is 23.3 Å². The average Bonchev–Trinajstić information content (AvgIpc) is 2.83. The number of carbonyl (C=O) groups is 1. The zero-order valence-corrected chi connectivity index (χ0v) is 11.1. The van der Waals surface area contributed by atoms with Crippen LogP contribution in [0.4, 0.5) is 5.69 Å². The number of carboxylic acid groups (broad SMARTS) is 1. The zero-order valence-electron chi connectivity index (χ0n) is 10.3. The van der Waals surface area contributed by atoms with Crippen molar-refractivity contribution in [2.45, 2.75) is 18.6 Å². The Balaban J connectivity index is 2.32. The monoisotopic (exact) mass is 280 g/mol. The van der Waals surface area contributed by atoms with Crippen molar-refractivity contribution in [3.8, 4) is 6.07 Å². The summed E-state index contributed by atoms with van der Waals surface area (Å²) in [6.45, 7) is 0.496. The molecule has 0 bridgehead atoms. The summed E-state index contributed by atoms with van der Waals surface area (Å²) in [5.41, 5.74) is 1.07. The molecule has 1 aromatic carbocycles. The van der Waals surface area contributed by atoms with Gasteiger partial charge in [-0.25, -0.2) is 4.79 Å². The second-order valence-corrected chi connectivity index (χ2v) is 4.78. The van der Waals surface area contributed by atoms with Crippen LogP contribution >= 0.6 is 11.6 Å². The number of aliphatic carboxylic acids is 1. The lowest BCUT2D eigenvalue weighted by Crippen LogP contribution is -2.36. The Morgan fingerprint density at radius 1 is 1.63 bits per heavy atom. The molecular weight excluding hydrogens is 268 g/mol. The Labute approximate surface area is 116 Å². The number of nitriles is 1. The van der Waals surface area contributed by atoms with Crippen LogP contribution in [0.3, 0.4) is 0 Å². The molecule has 0 saturated carbocycles. The van der Waals surface area contributed by atoms with Crippen LogP contribution in [0, 0.1) is 11.3 Å². The highest BCUT2D eigenvalue weighted by atomic mass is 35.5. The highest BCUT2D eigenvalue weighted by molar-refractivity contribution is 6.32. The molecule has 1 aliphatic heterocycles. The van der Waals surface area contributed by atoms with E-state index in [2.05, 4.69) is 0 Å². The number of rotatable bonds is 3. The molecule has 2 rings (SSSR count). The summed E-state index contributed by atoms with van der Waals surface area (Å²) >= 11 is 5.98. The number of halogens is 1.